The smallest absolute Gasteiger partial charge is 0.185 e. The van der Waals surface area contributed by atoms with E-state index in [4.69, 9.17) is 11.6 Å². The summed E-state index contributed by atoms with van der Waals surface area (Å²) < 4.78 is 0. The molecule has 84 valence electrons. The lowest BCUT2D eigenvalue weighted by atomic mass is 10.0. The van der Waals surface area contributed by atoms with Crippen LogP contribution in [-0.4, -0.2) is 23.5 Å². The topological polar surface area (TPSA) is 16.1 Å². The molecule has 0 radical (unpaired) electrons. The lowest BCUT2D eigenvalue weighted by Crippen LogP contribution is -2.32. The Labute approximate surface area is 100 Å². The molecular formula is C11H17ClN2S. The second kappa shape index (κ2) is 4.71. The molecule has 2 rings (SSSR count). The van der Waals surface area contributed by atoms with Gasteiger partial charge in [-0.15, -0.1) is 22.9 Å². The van der Waals surface area contributed by atoms with Gasteiger partial charge in [0.25, 0.3) is 0 Å². The van der Waals surface area contributed by atoms with Crippen molar-refractivity contribution in [1.29, 1.82) is 0 Å². The van der Waals surface area contributed by atoms with E-state index in [0.29, 0.717) is 12.0 Å². The largest absolute Gasteiger partial charge is 0.345 e. The van der Waals surface area contributed by atoms with Crippen LogP contribution in [0.15, 0.2) is 5.38 Å². The first-order chi connectivity index (χ1) is 7.26. The Balaban J connectivity index is 2.16. The molecule has 1 aromatic rings. The van der Waals surface area contributed by atoms with Gasteiger partial charge in [-0.1, -0.05) is 6.92 Å². The first kappa shape index (κ1) is 11.2. The third kappa shape index (κ3) is 2.13. The molecule has 0 saturated carbocycles. The molecule has 2 atom stereocenters. The summed E-state index contributed by atoms with van der Waals surface area (Å²) in [7, 11) is 0. The molecule has 4 heteroatoms. The normalized spacial score (nSPS) is 26.2. The standard InChI is InChI=1S/C11H17ClN2S/c1-3-10-9(6-12)4-5-14(10)11-13-8(2)7-15-11/h7,9-10H,3-6H2,1-2H3. The minimum absolute atomic E-state index is 0.591. The fourth-order valence-corrected chi connectivity index (χ4v) is 3.61. The number of anilines is 1. The second-order valence-corrected chi connectivity index (χ2v) is 5.29. The summed E-state index contributed by atoms with van der Waals surface area (Å²) in [5.74, 6) is 1.42. The Morgan fingerprint density at radius 1 is 1.67 bits per heavy atom. The number of aryl methyl sites for hydroxylation is 1. The van der Waals surface area contributed by atoms with Crippen LogP contribution >= 0.6 is 22.9 Å². The second-order valence-electron chi connectivity index (χ2n) is 4.14. The number of thiazole rings is 1. The van der Waals surface area contributed by atoms with Crippen LogP contribution in [0.25, 0.3) is 0 Å². The Morgan fingerprint density at radius 2 is 2.47 bits per heavy atom. The lowest BCUT2D eigenvalue weighted by molar-refractivity contribution is 0.504. The molecule has 1 aliphatic rings. The molecule has 0 spiro atoms. The van der Waals surface area contributed by atoms with Gasteiger partial charge < -0.3 is 4.90 Å². The highest BCUT2D eigenvalue weighted by atomic mass is 35.5. The predicted octanol–water partition coefficient (Wildman–Crippen LogP) is 3.30. The van der Waals surface area contributed by atoms with Crippen LogP contribution in [0.4, 0.5) is 5.13 Å². The quantitative estimate of drug-likeness (QED) is 0.759. The van der Waals surface area contributed by atoms with E-state index in [1.54, 1.807) is 11.3 Å². The van der Waals surface area contributed by atoms with E-state index in [9.17, 15) is 0 Å². The van der Waals surface area contributed by atoms with Crippen molar-refractivity contribution in [3.8, 4) is 0 Å². The zero-order chi connectivity index (χ0) is 10.8. The molecule has 2 nitrogen and oxygen atoms in total. The number of aromatic nitrogens is 1. The molecule has 0 amide bonds. The van der Waals surface area contributed by atoms with Crippen LogP contribution in [0, 0.1) is 12.8 Å². The summed E-state index contributed by atoms with van der Waals surface area (Å²) in [5.41, 5.74) is 1.12. The van der Waals surface area contributed by atoms with Gasteiger partial charge in [-0.3, -0.25) is 0 Å². The summed E-state index contributed by atoms with van der Waals surface area (Å²) in [6.07, 6.45) is 2.37. The summed E-state index contributed by atoms with van der Waals surface area (Å²) in [5, 5.41) is 3.29. The summed E-state index contributed by atoms with van der Waals surface area (Å²) in [6, 6.07) is 0.591. The van der Waals surface area contributed by atoms with E-state index in [1.807, 2.05) is 0 Å². The molecule has 2 unspecified atom stereocenters. The van der Waals surface area contributed by atoms with Gasteiger partial charge in [0, 0.05) is 23.8 Å². The van der Waals surface area contributed by atoms with E-state index < -0.39 is 0 Å². The van der Waals surface area contributed by atoms with Gasteiger partial charge in [0.2, 0.25) is 0 Å². The number of alkyl halides is 1. The van der Waals surface area contributed by atoms with Crippen molar-refractivity contribution in [1.82, 2.24) is 4.98 Å². The molecule has 0 bridgehead atoms. The summed E-state index contributed by atoms with van der Waals surface area (Å²) in [4.78, 5) is 7.00. The van der Waals surface area contributed by atoms with Crippen molar-refractivity contribution < 1.29 is 0 Å². The molecule has 1 saturated heterocycles. The maximum atomic E-state index is 6.00. The molecule has 0 aromatic carbocycles. The molecule has 1 aliphatic heterocycles. The third-order valence-electron chi connectivity index (χ3n) is 3.15. The van der Waals surface area contributed by atoms with Gasteiger partial charge in [-0.25, -0.2) is 4.98 Å². The number of hydrogen-bond donors (Lipinski definition) is 0. The highest BCUT2D eigenvalue weighted by Crippen LogP contribution is 2.33. The van der Waals surface area contributed by atoms with Crippen molar-refractivity contribution in [2.45, 2.75) is 32.7 Å². The molecule has 0 N–H and O–H groups in total. The Hall–Kier alpha value is -0.280. The SMILES string of the molecule is CCC1C(CCl)CCN1c1nc(C)cs1. The van der Waals surface area contributed by atoms with Crippen LogP contribution < -0.4 is 4.90 Å². The number of halogens is 1. The van der Waals surface area contributed by atoms with Crippen LogP contribution in [0.1, 0.15) is 25.5 Å². The van der Waals surface area contributed by atoms with Gasteiger partial charge >= 0.3 is 0 Å². The highest BCUT2D eigenvalue weighted by Gasteiger charge is 2.33. The zero-order valence-corrected chi connectivity index (χ0v) is 10.8. The number of nitrogens with zero attached hydrogens (tertiary/aromatic N) is 2. The van der Waals surface area contributed by atoms with Gasteiger partial charge in [-0.2, -0.15) is 0 Å². The average molecular weight is 245 g/mol. The van der Waals surface area contributed by atoms with Crippen molar-refractivity contribution in [3.63, 3.8) is 0 Å². The first-order valence-electron chi connectivity index (χ1n) is 5.51. The number of rotatable bonds is 3. The van der Waals surface area contributed by atoms with Gasteiger partial charge in [-0.05, 0) is 25.7 Å². The van der Waals surface area contributed by atoms with Crippen LogP contribution in [-0.2, 0) is 0 Å². The van der Waals surface area contributed by atoms with Crippen molar-refractivity contribution in [2.24, 2.45) is 5.92 Å². The fourth-order valence-electron chi connectivity index (χ4n) is 2.36. The lowest BCUT2D eigenvalue weighted by Gasteiger charge is -2.25. The third-order valence-corrected chi connectivity index (χ3v) is 4.55. The molecular weight excluding hydrogens is 228 g/mol. The monoisotopic (exact) mass is 244 g/mol. The molecule has 0 aliphatic carbocycles. The van der Waals surface area contributed by atoms with Crippen LogP contribution in [0.3, 0.4) is 0 Å². The molecule has 2 heterocycles. The predicted molar refractivity (Wildman–Crippen MR) is 67.1 cm³/mol. The van der Waals surface area contributed by atoms with Gasteiger partial charge in [0.1, 0.15) is 0 Å². The molecule has 1 fully saturated rings. The van der Waals surface area contributed by atoms with Crippen LogP contribution in [0.5, 0.6) is 0 Å². The van der Waals surface area contributed by atoms with E-state index in [2.05, 4.69) is 29.1 Å². The van der Waals surface area contributed by atoms with E-state index in [1.165, 1.54) is 11.6 Å². The van der Waals surface area contributed by atoms with Crippen molar-refractivity contribution in [2.75, 3.05) is 17.3 Å². The maximum Gasteiger partial charge on any atom is 0.185 e. The van der Waals surface area contributed by atoms with Crippen LogP contribution in [0.2, 0.25) is 0 Å². The Morgan fingerprint density at radius 3 is 3.00 bits per heavy atom. The maximum absolute atomic E-state index is 6.00. The van der Waals surface area contributed by atoms with E-state index in [-0.39, 0.29) is 0 Å². The first-order valence-corrected chi connectivity index (χ1v) is 6.92. The zero-order valence-electron chi connectivity index (χ0n) is 9.24. The minimum atomic E-state index is 0.591. The average Bonchev–Trinajstić information content (AvgIpc) is 2.82. The van der Waals surface area contributed by atoms with Crippen molar-refractivity contribution >= 4 is 28.1 Å². The summed E-state index contributed by atoms with van der Waals surface area (Å²) >= 11 is 7.75. The minimum Gasteiger partial charge on any atom is -0.345 e. The summed E-state index contributed by atoms with van der Waals surface area (Å²) in [6.45, 7) is 5.40. The van der Waals surface area contributed by atoms with E-state index in [0.717, 1.165) is 24.5 Å². The Bertz CT molecular complexity index is 326. The van der Waals surface area contributed by atoms with Gasteiger partial charge in [0.05, 0.1) is 5.69 Å². The molecule has 1 aromatic heterocycles. The van der Waals surface area contributed by atoms with E-state index >= 15 is 0 Å². The highest BCUT2D eigenvalue weighted by molar-refractivity contribution is 7.13. The van der Waals surface area contributed by atoms with Gasteiger partial charge in [0.15, 0.2) is 5.13 Å². The van der Waals surface area contributed by atoms with Crippen molar-refractivity contribution in [3.05, 3.63) is 11.1 Å². The number of hydrogen-bond acceptors (Lipinski definition) is 3. The fraction of sp³-hybridized carbons (Fsp3) is 0.727. The Kier molecular flexibility index (Phi) is 3.52. The molecule has 15 heavy (non-hydrogen) atoms.